The average molecular weight is 450 g/mol. The van der Waals surface area contributed by atoms with Crippen molar-refractivity contribution in [3.05, 3.63) is 69.2 Å². The number of hydrogen-bond acceptors (Lipinski definition) is 3. The number of halogens is 2. The molecule has 2 aromatic carbocycles. The van der Waals surface area contributed by atoms with Gasteiger partial charge in [0.2, 0.25) is 0 Å². The fraction of sp³-hybridized carbons (Fsp3) is 0.368. The van der Waals surface area contributed by atoms with Crippen molar-refractivity contribution in [3.63, 3.8) is 0 Å². The Bertz CT molecular complexity index is 671. The van der Waals surface area contributed by atoms with Gasteiger partial charge < -0.3 is 21.0 Å². The van der Waals surface area contributed by atoms with Crippen LogP contribution < -0.4 is 5.32 Å². The number of hydrogen-bond donors (Lipinski definition) is 3. The van der Waals surface area contributed by atoms with Gasteiger partial charge in [-0.2, -0.15) is 0 Å². The molecule has 0 saturated heterocycles. The molecule has 0 aliphatic heterocycles. The molecule has 7 heteroatoms. The summed E-state index contributed by atoms with van der Waals surface area (Å²) < 4.78 is 0. The monoisotopic (exact) mass is 447 g/mol. The van der Waals surface area contributed by atoms with Crippen molar-refractivity contribution in [2.24, 2.45) is 0 Å². The van der Waals surface area contributed by atoms with E-state index in [1.807, 2.05) is 19.2 Å². The summed E-state index contributed by atoms with van der Waals surface area (Å²) in [5.74, 6) is 0.408. The molecule has 0 fully saturated rings. The molecule has 2 atom stereocenters. The molecule has 0 amide bonds. The Balaban J connectivity index is 0.000000951. The van der Waals surface area contributed by atoms with Gasteiger partial charge in [0.25, 0.3) is 0 Å². The third kappa shape index (κ3) is 6.28. The molecule has 3 N–H and O–H groups in total. The summed E-state index contributed by atoms with van der Waals surface area (Å²) >= 11 is 12.2. The van der Waals surface area contributed by atoms with E-state index in [1.54, 1.807) is 0 Å². The van der Waals surface area contributed by atoms with Gasteiger partial charge in [0.15, 0.2) is 0 Å². The second-order valence-electron chi connectivity index (χ2n) is 5.72. The quantitative estimate of drug-likeness (QED) is 0.619. The first-order valence-corrected chi connectivity index (χ1v) is 8.80. The maximum atomic E-state index is 7.62. The van der Waals surface area contributed by atoms with Gasteiger partial charge in [-0.15, -0.1) is 0 Å². The molecule has 26 heavy (non-hydrogen) atoms. The fourth-order valence-electron chi connectivity index (χ4n) is 3.17. The molecule has 1 aliphatic carbocycles. The molecule has 0 unspecified atom stereocenters. The predicted octanol–water partition coefficient (Wildman–Crippen LogP) is 4.03. The number of benzene rings is 2. The van der Waals surface area contributed by atoms with Crippen LogP contribution in [0.2, 0.25) is 10.0 Å². The van der Waals surface area contributed by atoms with Crippen LogP contribution in [0.25, 0.3) is 0 Å². The Kier molecular flexibility index (Phi) is 12.5. The molecule has 0 heterocycles. The van der Waals surface area contributed by atoms with Gasteiger partial charge in [-0.25, -0.2) is 0 Å². The smallest absolute Gasteiger partial charge is 2.00 e. The SMILES string of the molecule is CN[C@H]1CC[C@@H](c2ccc(Cl)c(Cl)c2)c2ccccc21.OCCO.[O-2].[Zn+2]. The predicted molar refractivity (Wildman–Crippen MR) is 101 cm³/mol. The summed E-state index contributed by atoms with van der Waals surface area (Å²) in [5.41, 5.74) is 4.05. The standard InChI is InChI=1S/C17H17Cl2N.C2H6O2.O.Zn/c1-20-17-9-7-12(13-4-2-3-5-14(13)17)11-6-8-15(18)16(19)10-11;3-1-2-4;;/h2-6,8,10,12,17,20H,7,9H2,1H3;3-4H,1-2H2;;/q;;-2;+2/t12-,17-;;;/m0.../s1. The Morgan fingerprint density at radius 2 is 1.58 bits per heavy atom. The summed E-state index contributed by atoms with van der Waals surface area (Å²) in [6, 6.07) is 15.1. The molecule has 0 bridgehead atoms. The second-order valence-corrected chi connectivity index (χ2v) is 6.54. The summed E-state index contributed by atoms with van der Waals surface area (Å²) in [6.45, 7) is -0.250. The number of aliphatic hydroxyl groups is 2. The van der Waals surface area contributed by atoms with Crippen molar-refractivity contribution in [1.29, 1.82) is 0 Å². The van der Waals surface area contributed by atoms with E-state index in [1.165, 1.54) is 16.7 Å². The minimum Gasteiger partial charge on any atom is -2.00 e. The van der Waals surface area contributed by atoms with Crippen molar-refractivity contribution < 1.29 is 35.2 Å². The second kappa shape index (κ2) is 12.8. The first-order chi connectivity index (χ1) is 11.6. The van der Waals surface area contributed by atoms with Gasteiger partial charge in [-0.05, 0) is 48.7 Å². The van der Waals surface area contributed by atoms with Gasteiger partial charge in [0.05, 0.1) is 23.3 Å². The van der Waals surface area contributed by atoms with Crippen molar-refractivity contribution in [2.75, 3.05) is 20.3 Å². The van der Waals surface area contributed by atoms with E-state index in [-0.39, 0.29) is 38.2 Å². The summed E-state index contributed by atoms with van der Waals surface area (Å²) in [4.78, 5) is 0. The number of nitrogens with one attached hydrogen (secondary N) is 1. The van der Waals surface area contributed by atoms with Crippen LogP contribution in [0.15, 0.2) is 42.5 Å². The van der Waals surface area contributed by atoms with Crippen molar-refractivity contribution in [1.82, 2.24) is 5.32 Å². The topological polar surface area (TPSA) is 81.0 Å². The van der Waals surface area contributed by atoms with Gasteiger partial charge in [-0.1, -0.05) is 53.5 Å². The first-order valence-electron chi connectivity index (χ1n) is 8.05. The molecule has 0 saturated carbocycles. The third-order valence-electron chi connectivity index (χ3n) is 4.29. The van der Waals surface area contributed by atoms with Gasteiger partial charge >= 0.3 is 19.5 Å². The molecule has 0 aromatic heterocycles. The van der Waals surface area contributed by atoms with E-state index in [0.717, 1.165) is 12.8 Å². The molecule has 0 radical (unpaired) electrons. The molecule has 1 aliphatic rings. The number of aliphatic hydroxyl groups excluding tert-OH is 2. The normalized spacial score (nSPS) is 17.7. The van der Waals surface area contributed by atoms with E-state index in [0.29, 0.717) is 22.0 Å². The number of fused-ring (bicyclic) bond motifs is 1. The summed E-state index contributed by atoms with van der Waals surface area (Å²) in [7, 11) is 2.03. The molecular weight excluding hydrogens is 427 g/mol. The fourth-order valence-corrected chi connectivity index (χ4v) is 3.47. The van der Waals surface area contributed by atoms with E-state index >= 15 is 0 Å². The van der Waals surface area contributed by atoms with E-state index in [4.69, 9.17) is 33.4 Å². The van der Waals surface area contributed by atoms with Crippen LogP contribution in [0, 0.1) is 0 Å². The van der Waals surface area contributed by atoms with E-state index in [9.17, 15) is 0 Å². The van der Waals surface area contributed by atoms with Crippen LogP contribution in [0.1, 0.15) is 41.5 Å². The Morgan fingerprint density at radius 1 is 0.962 bits per heavy atom. The molecule has 2 aromatic rings. The van der Waals surface area contributed by atoms with Crippen molar-refractivity contribution in [2.45, 2.75) is 24.8 Å². The molecule has 3 rings (SSSR count). The van der Waals surface area contributed by atoms with E-state index < -0.39 is 0 Å². The largest absolute Gasteiger partial charge is 2.00 e. The van der Waals surface area contributed by atoms with Crippen LogP contribution in [-0.4, -0.2) is 30.5 Å². The minimum absolute atomic E-state index is 0. The molecular formula is C19H23Cl2NO3Zn. The summed E-state index contributed by atoms with van der Waals surface area (Å²) in [6.07, 6.45) is 2.26. The van der Waals surface area contributed by atoms with E-state index in [2.05, 4.69) is 35.6 Å². The van der Waals surface area contributed by atoms with Gasteiger partial charge in [-0.3, -0.25) is 0 Å². The molecule has 138 valence electrons. The van der Waals surface area contributed by atoms with Crippen molar-refractivity contribution in [3.8, 4) is 0 Å². The maximum Gasteiger partial charge on any atom is 2.00 e. The zero-order valence-corrected chi connectivity index (χ0v) is 19.3. The maximum absolute atomic E-state index is 7.62. The van der Waals surface area contributed by atoms with Crippen LogP contribution >= 0.6 is 23.2 Å². The Morgan fingerprint density at radius 3 is 2.12 bits per heavy atom. The van der Waals surface area contributed by atoms with Crippen molar-refractivity contribution >= 4 is 23.2 Å². The first kappa shape index (κ1) is 25.5. The molecule has 0 spiro atoms. The minimum atomic E-state index is -0.125. The Labute approximate surface area is 177 Å². The average Bonchev–Trinajstić information content (AvgIpc) is 2.63. The third-order valence-corrected chi connectivity index (χ3v) is 5.02. The van der Waals surface area contributed by atoms with Crippen LogP contribution in [-0.2, 0) is 25.0 Å². The van der Waals surface area contributed by atoms with Crippen LogP contribution in [0.4, 0.5) is 0 Å². The van der Waals surface area contributed by atoms with Gasteiger partial charge in [0, 0.05) is 12.0 Å². The Hall–Kier alpha value is -0.517. The van der Waals surface area contributed by atoms with Gasteiger partial charge in [0.1, 0.15) is 0 Å². The zero-order valence-electron chi connectivity index (χ0n) is 14.8. The zero-order chi connectivity index (χ0) is 17.5. The summed E-state index contributed by atoms with van der Waals surface area (Å²) in [5, 5.41) is 19.9. The molecule has 4 nitrogen and oxygen atoms in total. The van der Waals surface area contributed by atoms with Crippen LogP contribution in [0.3, 0.4) is 0 Å². The number of rotatable bonds is 3. The van der Waals surface area contributed by atoms with Crippen LogP contribution in [0.5, 0.6) is 0 Å².